The van der Waals surface area contributed by atoms with Crippen molar-refractivity contribution in [1.29, 1.82) is 0 Å². The van der Waals surface area contributed by atoms with Crippen LogP contribution in [0, 0.1) is 0 Å². The third-order valence-electron chi connectivity index (χ3n) is 2.60. The van der Waals surface area contributed by atoms with Crippen molar-refractivity contribution in [3.05, 3.63) is 70.2 Å². The number of carbonyl (C=O) groups is 1. The van der Waals surface area contributed by atoms with Crippen LogP contribution in [0.1, 0.15) is 11.1 Å². The average Bonchev–Trinajstić information content (AvgIpc) is 2.45. The van der Waals surface area contributed by atoms with E-state index in [-0.39, 0.29) is 0 Å². The Labute approximate surface area is 131 Å². The van der Waals surface area contributed by atoms with Crippen LogP contribution in [0.25, 0.3) is 6.08 Å². The molecule has 0 saturated carbocycles. The summed E-state index contributed by atoms with van der Waals surface area (Å²) in [6.07, 6.45) is 2.94. The maximum atomic E-state index is 10.8. The largest absolute Gasteiger partial charge is 0.488 e. The zero-order chi connectivity index (χ0) is 14.4. The highest BCUT2D eigenvalue weighted by Crippen LogP contribution is 2.25. The quantitative estimate of drug-likeness (QED) is 0.571. The number of hydrogen-bond donors (Lipinski definition) is 0. The van der Waals surface area contributed by atoms with E-state index in [1.165, 1.54) is 6.08 Å². The highest BCUT2D eigenvalue weighted by atomic mass is 79.9. The highest BCUT2D eigenvalue weighted by molar-refractivity contribution is 9.10. The number of allylic oxidation sites excluding steroid dienone is 1. The van der Waals surface area contributed by atoms with Gasteiger partial charge < -0.3 is 4.74 Å². The Morgan fingerprint density at radius 1 is 1.20 bits per heavy atom. The molecule has 20 heavy (non-hydrogen) atoms. The first-order chi connectivity index (χ1) is 9.65. The Kier molecular flexibility index (Phi) is 5.39. The van der Waals surface area contributed by atoms with Crippen LogP contribution < -0.4 is 4.74 Å². The number of halogens is 2. The first-order valence-electron chi connectivity index (χ1n) is 5.99. The Balaban J connectivity index is 2.16. The van der Waals surface area contributed by atoms with Crippen molar-refractivity contribution in [2.24, 2.45) is 0 Å². The number of rotatable bonds is 5. The Hall–Kier alpha value is -1.58. The van der Waals surface area contributed by atoms with Gasteiger partial charge in [-0.3, -0.25) is 4.79 Å². The van der Waals surface area contributed by atoms with Crippen LogP contribution in [0.15, 0.2) is 59.1 Å². The first-order valence-corrected chi connectivity index (χ1v) is 7.16. The van der Waals surface area contributed by atoms with Crippen LogP contribution in [-0.2, 0) is 11.4 Å². The Bertz CT molecular complexity index is 624. The highest BCUT2D eigenvalue weighted by Gasteiger charge is 2.03. The molecule has 0 aliphatic carbocycles. The fraction of sp³-hybridized carbons (Fsp3) is 0.0625. The molecule has 2 aromatic rings. The zero-order valence-electron chi connectivity index (χ0n) is 10.6. The van der Waals surface area contributed by atoms with Crippen molar-refractivity contribution in [1.82, 2.24) is 0 Å². The van der Waals surface area contributed by atoms with Gasteiger partial charge in [0.25, 0.3) is 0 Å². The normalized spacial score (nSPS) is 10.7. The lowest BCUT2D eigenvalue weighted by atomic mass is 10.2. The van der Waals surface area contributed by atoms with E-state index in [0.717, 1.165) is 15.6 Å². The molecule has 0 saturated heterocycles. The van der Waals surface area contributed by atoms with Gasteiger partial charge >= 0.3 is 0 Å². The van der Waals surface area contributed by atoms with E-state index in [2.05, 4.69) is 15.9 Å². The van der Waals surface area contributed by atoms with Gasteiger partial charge in [0.15, 0.2) is 0 Å². The van der Waals surface area contributed by atoms with E-state index in [0.29, 0.717) is 12.4 Å². The lowest BCUT2D eigenvalue weighted by Gasteiger charge is -2.09. The topological polar surface area (TPSA) is 26.3 Å². The second-order valence-electron chi connectivity index (χ2n) is 4.09. The van der Waals surface area contributed by atoms with Crippen molar-refractivity contribution in [2.45, 2.75) is 6.61 Å². The summed E-state index contributed by atoms with van der Waals surface area (Å²) in [4.78, 5) is 10.8. The van der Waals surface area contributed by atoms with Crippen molar-refractivity contribution in [2.75, 3.05) is 0 Å². The van der Waals surface area contributed by atoms with Crippen LogP contribution in [0.5, 0.6) is 5.75 Å². The SMILES string of the molecule is O=C(Cl)C=Cc1cc(Br)ccc1OCc1ccccc1. The minimum atomic E-state index is -0.515. The molecule has 0 fully saturated rings. The van der Waals surface area contributed by atoms with Crippen molar-refractivity contribution in [3.8, 4) is 5.75 Å². The smallest absolute Gasteiger partial charge is 0.245 e. The van der Waals surface area contributed by atoms with Crippen LogP contribution in [-0.4, -0.2) is 5.24 Å². The monoisotopic (exact) mass is 350 g/mol. The summed E-state index contributed by atoms with van der Waals surface area (Å²) in [6.45, 7) is 0.470. The maximum absolute atomic E-state index is 10.8. The van der Waals surface area contributed by atoms with Crippen LogP contribution in [0.4, 0.5) is 0 Å². The molecular weight excluding hydrogens is 340 g/mol. The van der Waals surface area contributed by atoms with Gasteiger partial charge in [-0.1, -0.05) is 46.3 Å². The van der Waals surface area contributed by atoms with Gasteiger partial charge in [0.05, 0.1) is 0 Å². The van der Waals surface area contributed by atoms with E-state index in [1.54, 1.807) is 6.08 Å². The van der Waals surface area contributed by atoms with Crippen LogP contribution in [0.3, 0.4) is 0 Å². The number of benzene rings is 2. The predicted octanol–water partition coefficient (Wildman–Crippen LogP) is 4.81. The average molecular weight is 352 g/mol. The van der Waals surface area contributed by atoms with Crippen molar-refractivity contribution in [3.63, 3.8) is 0 Å². The summed E-state index contributed by atoms with van der Waals surface area (Å²) < 4.78 is 6.69. The minimum Gasteiger partial charge on any atom is -0.488 e. The van der Waals surface area contributed by atoms with Gasteiger partial charge in [-0.15, -0.1) is 0 Å². The molecule has 2 aromatic carbocycles. The molecule has 4 heteroatoms. The number of carbonyl (C=O) groups excluding carboxylic acids is 1. The molecule has 102 valence electrons. The van der Waals surface area contributed by atoms with Crippen molar-refractivity contribution < 1.29 is 9.53 Å². The Morgan fingerprint density at radius 3 is 2.65 bits per heavy atom. The fourth-order valence-corrected chi connectivity index (χ4v) is 2.11. The third-order valence-corrected chi connectivity index (χ3v) is 3.22. The molecule has 0 aromatic heterocycles. The van der Waals surface area contributed by atoms with E-state index >= 15 is 0 Å². The molecule has 0 radical (unpaired) electrons. The lowest BCUT2D eigenvalue weighted by molar-refractivity contribution is -0.107. The van der Waals surface area contributed by atoms with Crippen molar-refractivity contribution >= 4 is 38.8 Å². The second kappa shape index (κ2) is 7.27. The Morgan fingerprint density at radius 2 is 1.95 bits per heavy atom. The first kappa shape index (κ1) is 14.8. The summed E-state index contributed by atoms with van der Waals surface area (Å²) in [5.41, 5.74) is 1.88. The molecule has 2 nitrogen and oxygen atoms in total. The summed E-state index contributed by atoms with van der Waals surface area (Å²) in [5.74, 6) is 0.700. The molecule has 0 aliphatic rings. The molecular formula is C16H12BrClO2. The maximum Gasteiger partial charge on any atom is 0.245 e. The molecule has 0 spiro atoms. The fourth-order valence-electron chi connectivity index (χ4n) is 1.67. The molecule has 0 amide bonds. The van der Waals surface area contributed by atoms with E-state index in [4.69, 9.17) is 16.3 Å². The molecule has 0 bridgehead atoms. The summed E-state index contributed by atoms with van der Waals surface area (Å²) in [5, 5.41) is -0.515. The van der Waals surface area contributed by atoms with E-state index < -0.39 is 5.24 Å². The minimum absolute atomic E-state index is 0.470. The van der Waals surface area contributed by atoms with E-state index in [1.807, 2.05) is 48.5 Å². The van der Waals surface area contributed by atoms with Gasteiger partial charge in [0.1, 0.15) is 12.4 Å². The summed E-state index contributed by atoms with van der Waals surface area (Å²) in [7, 11) is 0. The van der Waals surface area contributed by atoms with Crippen LogP contribution >= 0.6 is 27.5 Å². The lowest BCUT2D eigenvalue weighted by Crippen LogP contribution is -1.96. The molecule has 0 aliphatic heterocycles. The van der Waals surface area contributed by atoms with Gasteiger partial charge in [-0.05, 0) is 47.5 Å². The zero-order valence-corrected chi connectivity index (χ0v) is 12.9. The van der Waals surface area contributed by atoms with Gasteiger partial charge in [0, 0.05) is 10.0 Å². The summed E-state index contributed by atoms with van der Waals surface area (Å²) >= 11 is 8.71. The molecule has 0 atom stereocenters. The number of hydrogen-bond acceptors (Lipinski definition) is 2. The molecule has 0 N–H and O–H groups in total. The molecule has 0 unspecified atom stereocenters. The standard InChI is InChI=1S/C16H12BrClO2/c17-14-7-8-15(13(10-14)6-9-16(18)19)20-11-12-4-2-1-3-5-12/h1-10H,11H2. The van der Waals surface area contributed by atoms with Gasteiger partial charge in [-0.25, -0.2) is 0 Å². The predicted molar refractivity (Wildman–Crippen MR) is 84.8 cm³/mol. The molecule has 2 rings (SSSR count). The number of ether oxygens (including phenoxy) is 1. The van der Waals surface area contributed by atoms with E-state index in [9.17, 15) is 4.79 Å². The molecule has 0 heterocycles. The summed E-state index contributed by atoms with van der Waals surface area (Å²) in [6, 6.07) is 15.5. The third kappa shape index (κ3) is 4.51. The van der Waals surface area contributed by atoms with Crippen LogP contribution in [0.2, 0.25) is 0 Å². The van der Waals surface area contributed by atoms with Gasteiger partial charge in [-0.2, -0.15) is 0 Å². The second-order valence-corrected chi connectivity index (χ2v) is 5.38. The van der Waals surface area contributed by atoms with Gasteiger partial charge in [0.2, 0.25) is 5.24 Å².